The van der Waals surface area contributed by atoms with Gasteiger partial charge in [-0.15, -0.1) is 0 Å². The Labute approximate surface area is 89.9 Å². The largest absolute Gasteiger partial charge is 0.350 e. The number of nitrogens with zero attached hydrogens (tertiary/aromatic N) is 1. The topological polar surface area (TPSA) is 68.0 Å². The predicted molar refractivity (Wildman–Crippen MR) is 59.3 cm³/mol. The van der Waals surface area contributed by atoms with E-state index >= 15 is 0 Å². The Morgan fingerprint density at radius 1 is 1.67 bits per heavy atom. The molecule has 15 heavy (non-hydrogen) atoms. The summed E-state index contributed by atoms with van der Waals surface area (Å²) in [4.78, 5) is 15.7. The van der Waals surface area contributed by atoms with Gasteiger partial charge >= 0.3 is 0 Å². The van der Waals surface area contributed by atoms with Gasteiger partial charge in [0.05, 0.1) is 5.69 Å². The number of hydrogen-bond donors (Lipinski definition) is 2. The molecule has 0 radical (unpaired) electrons. The summed E-state index contributed by atoms with van der Waals surface area (Å²) in [6, 6.07) is 3.60. The van der Waals surface area contributed by atoms with E-state index in [0.717, 1.165) is 12.1 Å². The SMILES string of the molecule is CCC(C)NC(=O)c1ccnc(CN)c1. The van der Waals surface area contributed by atoms with E-state index in [1.54, 1.807) is 18.3 Å². The van der Waals surface area contributed by atoms with E-state index < -0.39 is 0 Å². The van der Waals surface area contributed by atoms with Crippen molar-refractivity contribution in [1.29, 1.82) is 0 Å². The fourth-order valence-electron chi connectivity index (χ4n) is 1.14. The summed E-state index contributed by atoms with van der Waals surface area (Å²) in [5, 5.41) is 2.89. The number of carbonyl (C=O) groups is 1. The lowest BCUT2D eigenvalue weighted by atomic mass is 10.2. The highest BCUT2D eigenvalue weighted by atomic mass is 16.1. The standard InChI is InChI=1S/C11H17N3O/c1-3-8(2)14-11(15)9-4-5-13-10(6-9)7-12/h4-6,8H,3,7,12H2,1-2H3,(H,14,15). The molecule has 0 saturated heterocycles. The van der Waals surface area contributed by atoms with E-state index in [1.807, 2.05) is 13.8 Å². The van der Waals surface area contributed by atoms with Crippen LogP contribution in [-0.4, -0.2) is 16.9 Å². The number of nitrogens with two attached hydrogens (primary N) is 1. The second-order valence-electron chi connectivity index (χ2n) is 3.52. The number of pyridine rings is 1. The fraction of sp³-hybridized carbons (Fsp3) is 0.455. The molecule has 0 saturated carbocycles. The molecule has 82 valence electrons. The summed E-state index contributed by atoms with van der Waals surface area (Å²) >= 11 is 0. The molecule has 0 spiro atoms. The van der Waals surface area contributed by atoms with Gasteiger partial charge in [-0.3, -0.25) is 9.78 Å². The molecule has 1 heterocycles. The van der Waals surface area contributed by atoms with Crippen molar-refractivity contribution in [3.63, 3.8) is 0 Å². The average Bonchev–Trinajstić information content (AvgIpc) is 2.28. The lowest BCUT2D eigenvalue weighted by molar-refractivity contribution is 0.0939. The molecule has 1 rings (SSSR count). The first kappa shape index (κ1) is 11.7. The second-order valence-corrected chi connectivity index (χ2v) is 3.52. The summed E-state index contributed by atoms with van der Waals surface area (Å²) < 4.78 is 0. The number of rotatable bonds is 4. The molecule has 3 N–H and O–H groups in total. The van der Waals surface area contributed by atoms with Crippen LogP contribution in [0.15, 0.2) is 18.3 Å². The van der Waals surface area contributed by atoms with E-state index in [4.69, 9.17) is 5.73 Å². The van der Waals surface area contributed by atoms with Crippen molar-refractivity contribution in [1.82, 2.24) is 10.3 Å². The van der Waals surface area contributed by atoms with Crippen molar-refractivity contribution in [2.24, 2.45) is 5.73 Å². The van der Waals surface area contributed by atoms with Crippen LogP contribution >= 0.6 is 0 Å². The van der Waals surface area contributed by atoms with E-state index in [2.05, 4.69) is 10.3 Å². The van der Waals surface area contributed by atoms with E-state index in [9.17, 15) is 4.79 Å². The van der Waals surface area contributed by atoms with Gasteiger partial charge in [0.2, 0.25) is 0 Å². The summed E-state index contributed by atoms with van der Waals surface area (Å²) in [5.41, 5.74) is 6.80. The first-order valence-electron chi connectivity index (χ1n) is 5.13. The molecule has 4 nitrogen and oxygen atoms in total. The van der Waals surface area contributed by atoms with Gasteiger partial charge < -0.3 is 11.1 Å². The van der Waals surface area contributed by atoms with Crippen LogP contribution in [0.5, 0.6) is 0 Å². The van der Waals surface area contributed by atoms with E-state index in [0.29, 0.717) is 12.1 Å². The Morgan fingerprint density at radius 3 is 3.00 bits per heavy atom. The fourth-order valence-corrected chi connectivity index (χ4v) is 1.14. The highest BCUT2D eigenvalue weighted by Crippen LogP contribution is 2.02. The van der Waals surface area contributed by atoms with Gasteiger partial charge in [0, 0.05) is 24.3 Å². The zero-order valence-electron chi connectivity index (χ0n) is 9.16. The number of hydrogen-bond acceptors (Lipinski definition) is 3. The van der Waals surface area contributed by atoms with Crippen LogP contribution in [0, 0.1) is 0 Å². The van der Waals surface area contributed by atoms with Gasteiger partial charge in [-0.05, 0) is 25.5 Å². The molecule has 1 aromatic rings. The maximum Gasteiger partial charge on any atom is 0.251 e. The van der Waals surface area contributed by atoms with Crippen molar-refractivity contribution in [2.75, 3.05) is 0 Å². The van der Waals surface area contributed by atoms with Crippen LogP contribution in [0.25, 0.3) is 0 Å². The lowest BCUT2D eigenvalue weighted by Gasteiger charge is -2.11. The minimum atomic E-state index is -0.0681. The third kappa shape index (κ3) is 3.32. The molecule has 0 aliphatic carbocycles. The van der Waals surface area contributed by atoms with Crippen molar-refractivity contribution in [3.8, 4) is 0 Å². The molecule has 1 amide bonds. The summed E-state index contributed by atoms with van der Waals surface area (Å²) in [5.74, 6) is -0.0681. The third-order valence-electron chi connectivity index (χ3n) is 2.28. The molecule has 0 bridgehead atoms. The van der Waals surface area contributed by atoms with Crippen LogP contribution in [0.2, 0.25) is 0 Å². The molecule has 0 aliphatic heterocycles. The van der Waals surface area contributed by atoms with Crippen LogP contribution in [0.4, 0.5) is 0 Å². The maximum atomic E-state index is 11.7. The average molecular weight is 207 g/mol. The molecular formula is C11H17N3O. The van der Waals surface area contributed by atoms with Crippen molar-refractivity contribution in [3.05, 3.63) is 29.6 Å². The minimum absolute atomic E-state index is 0.0681. The van der Waals surface area contributed by atoms with Gasteiger partial charge in [-0.2, -0.15) is 0 Å². The zero-order chi connectivity index (χ0) is 11.3. The third-order valence-corrected chi connectivity index (χ3v) is 2.28. The monoisotopic (exact) mass is 207 g/mol. The lowest BCUT2D eigenvalue weighted by Crippen LogP contribution is -2.32. The summed E-state index contributed by atoms with van der Waals surface area (Å²) in [6.07, 6.45) is 2.52. The molecule has 1 aromatic heterocycles. The van der Waals surface area contributed by atoms with Crippen molar-refractivity contribution < 1.29 is 4.79 Å². The first-order valence-corrected chi connectivity index (χ1v) is 5.13. The molecule has 1 unspecified atom stereocenters. The Hall–Kier alpha value is -1.42. The molecule has 0 fully saturated rings. The van der Waals surface area contributed by atoms with Gasteiger partial charge in [0.25, 0.3) is 5.91 Å². The first-order chi connectivity index (χ1) is 7.17. The van der Waals surface area contributed by atoms with Crippen molar-refractivity contribution in [2.45, 2.75) is 32.9 Å². The normalized spacial score (nSPS) is 12.2. The highest BCUT2D eigenvalue weighted by molar-refractivity contribution is 5.94. The van der Waals surface area contributed by atoms with Crippen molar-refractivity contribution >= 4 is 5.91 Å². The Morgan fingerprint density at radius 2 is 2.40 bits per heavy atom. The van der Waals surface area contributed by atoms with Gasteiger partial charge in [-0.1, -0.05) is 6.92 Å². The molecule has 0 aromatic carbocycles. The summed E-state index contributed by atoms with van der Waals surface area (Å²) in [6.45, 7) is 4.36. The van der Waals surface area contributed by atoms with Crippen LogP contribution < -0.4 is 11.1 Å². The van der Waals surface area contributed by atoms with Gasteiger partial charge in [0.1, 0.15) is 0 Å². The van der Waals surface area contributed by atoms with E-state index in [1.165, 1.54) is 0 Å². The molecule has 4 heteroatoms. The Bertz CT molecular complexity index is 338. The Balaban J connectivity index is 2.73. The van der Waals surface area contributed by atoms with Crippen LogP contribution in [-0.2, 0) is 6.54 Å². The quantitative estimate of drug-likeness (QED) is 0.776. The number of aromatic nitrogens is 1. The number of nitrogens with one attached hydrogen (secondary N) is 1. The van der Waals surface area contributed by atoms with Gasteiger partial charge in [-0.25, -0.2) is 0 Å². The number of amides is 1. The second kappa shape index (κ2) is 5.46. The molecule has 1 atom stereocenters. The number of carbonyl (C=O) groups excluding carboxylic acids is 1. The van der Waals surface area contributed by atoms with Crippen LogP contribution in [0.1, 0.15) is 36.3 Å². The van der Waals surface area contributed by atoms with Crippen LogP contribution in [0.3, 0.4) is 0 Å². The molecule has 0 aliphatic rings. The highest BCUT2D eigenvalue weighted by Gasteiger charge is 2.08. The Kier molecular flexibility index (Phi) is 4.24. The predicted octanol–water partition coefficient (Wildman–Crippen LogP) is 1.07. The van der Waals surface area contributed by atoms with E-state index in [-0.39, 0.29) is 11.9 Å². The maximum absolute atomic E-state index is 11.7. The zero-order valence-corrected chi connectivity index (χ0v) is 9.16. The summed E-state index contributed by atoms with van der Waals surface area (Å²) in [7, 11) is 0. The minimum Gasteiger partial charge on any atom is -0.350 e. The molecular weight excluding hydrogens is 190 g/mol. The van der Waals surface area contributed by atoms with Gasteiger partial charge in [0.15, 0.2) is 0 Å². The smallest absolute Gasteiger partial charge is 0.251 e.